The Morgan fingerprint density at radius 1 is 0.393 bits per heavy atom. The van der Waals surface area contributed by atoms with Crippen molar-refractivity contribution in [3.8, 4) is 0 Å². The molecule has 0 nitrogen and oxygen atoms in total. The zero-order valence-corrected chi connectivity index (χ0v) is 18.8. The number of hydrogen-bond donors (Lipinski definition) is 0. The van der Waals surface area contributed by atoms with Gasteiger partial charge in [-0.3, -0.25) is 0 Å². The molecule has 4 aromatic rings. The van der Waals surface area contributed by atoms with E-state index in [1.54, 1.807) is 0 Å². The van der Waals surface area contributed by atoms with Crippen LogP contribution in [0, 0.1) is 0 Å². The van der Waals surface area contributed by atoms with Crippen molar-refractivity contribution in [3.05, 3.63) is 132 Å². The van der Waals surface area contributed by atoms with Crippen LogP contribution in [0.4, 0.5) is 0 Å². The summed E-state index contributed by atoms with van der Waals surface area (Å²) >= 11 is 0. The van der Waals surface area contributed by atoms with Crippen LogP contribution in [0.3, 0.4) is 0 Å². The van der Waals surface area contributed by atoms with E-state index in [1.165, 1.54) is 21.7 Å². The highest BCUT2D eigenvalue weighted by Crippen LogP contribution is 2.61. The molecule has 0 radical (unpaired) electrons. The predicted octanol–water partition coefficient (Wildman–Crippen LogP) is 3.06. The standard InChI is InChI=1S/C26H24P.HI/c1-5-13-23(14-6-1)21-27(25-17-9-3-10-18-25,26-19-11-4-12-20-26)22-24-15-7-2-8-16-24;/h1-20H,21-22H2;1H/q+1;/p-1. The van der Waals surface area contributed by atoms with Crippen LogP contribution in [-0.4, -0.2) is 0 Å². The van der Waals surface area contributed by atoms with Gasteiger partial charge in [0.05, 0.1) is 30.2 Å². The maximum absolute atomic E-state index is 2.33. The largest absolute Gasteiger partial charge is 1.00 e. The second-order valence-electron chi connectivity index (χ2n) is 6.93. The lowest BCUT2D eigenvalue weighted by Gasteiger charge is -2.28. The molecule has 0 saturated carbocycles. The molecule has 0 unspecified atom stereocenters. The van der Waals surface area contributed by atoms with Gasteiger partial charge < -0.3 is 24.0 Å². The third kappa shape index (κ3) is 4.71. The third-order valence-corrected chi connectivity index (χ3v) is 9.47. The minimum atomic E-state index is -1.64. The summed E-state index contributed by atoms with van der Waals surface area (Å²) in [6.07, 6.45) is 2.16. The van der Waals surface area contributed by atoms with Crippen molar-refractivity contribution in [3.63, 3.8) is 0 Å². The molecule has 4 aromatic carbocycles. The maximum atomic E-state index is 2.33. The van der Waals surface area contributed by atoms with Gasteiger partial charge in [0.2, 0.25) is 0 Å². The van der Waals surface area contributed by atoms with E-state index in [9.17, 15) is 0 Å². The minimum Gasteiger partial charge on any atom is -1.00 e. The van der Waals surface area contributed by atoms with Crippen LogP contribution in [0.5, 0.6) is 0 Å². The molecule has 28 heavy (non-hydrogen) atoms. The van der Waals surface area contributed by atoms with Crippen molar-refractivity contribution in [1.29, 1.82) is 0 Å². The first-order chi connectivity index (χ1) is 13.4. The zero-order valence-electron chi connectivity index (χ0n) is 15.8. The Morgan fingerprint density at radius 2 is 0.679 bits per heavy atom. The Kier molecular flexibility index (Phi) is 7.42. The van der Waals surface area contributed by atoms with Gasteiger partial charge in [0.15, 0.2) is 0 Å². The molecular formula is C26H24IP. The molecule has 0 atom stereocenters. The molecular weight excluding hydrogens is 470 g/mol. The Balaban J connectivity index is 0.00000225. The molecule has 0 saturated heterocycles. The Bertz CT molecular complexity index is 871. The molecule has 0 aromatic heterocycles. The quantitative estimate of drug-likeness (QED) is 0.286. The topological polar surface area (TPSA) is 0 Å². The van der Waals surface area contributed by atoms with Crippen LogP contribution in [0.1, 0.15) is 11.1 Å². The van der Waals surface area contributed by atoms with Crippen molar-refractivity contribution in [1.82, 2.24) is 0 Å². The smallest absolute Gasteiger partial charge is 0.0999 e. The molecule has 0 aliphatic carbocycles. The highest BCUT2D eigenvalue weighted by atomic mass is 127. The molecule has 0 aliphatic heterocycles. The van der Waals surface area contributed by atoms with Crippen LogP contribution < -0.4 is 34.6 Å². The fraction of sp³-hybridized carbons (Fsp3) is 0.0769. The van der Waals surface area contributed by atoms with E-state index >= 15 is 0 Å². The van der Waals surface area contributed by atoms with Gasteiger partial charge >= 0.3 is 0 Å². The van der Waals surface area contributed by atoms with Gasteiger partial charge in [0.1, 0.15) is 0 Å². The van der Waals surface area contributed by atoms with Crippen LogP contribution in [0.15, 0.2) is 121 Å². The van der Waals surface area contributed by atoms with Gasteiger partial charge in [-0.05, 0) is 35.4 Å². The summed E-state index contributed by atoms with van der Waals surface area (Å²) in [6, 6.07) is 44.2. The summed E-state index contributed by atoms with van der Waals surface area (Å²) < 4.78 is 0. The van der Waals surface area contributed by atoms with Gasteiger partial charge in [0.25, 0.3) is 0 Å². The van der Waals surface area contributed by atoms with Crippen molar-refractivity contribution in [2.24, 2.45) is 0 Å². The number of rotatable bonds is 6. The van der Waals surface area contributed by atoms with Crippen LogP contribution >= 0.6 is 7.26 Å². The van der Waals surface area contributed by atoms with Crippen molar-refractivity contribution >= 4 is 17.9 Å². The normalized spacial score (nSPS) is 10.9. The van der Waals surface area contributed by atoms with Crippen molar-refractivity contribution < 1.29 is 24.0 Å². The fourth-order valence-electron chi connectivity index (χ4n) is 3.79. The zero-order chi connectivity index (χ0) is 18.4. The van der Waals surface area contributed by atoms with E-state index in [-0.39, 0.29) is 24.0 Å². The first-order valence-electron chi connectivity index (χ1n) is 9.43. The van der Waals surface area contributed by atoms with Crippen LogP contribution in [0.25, 0.3) is 0 Å². The molecule has 0 bridgehead atoms. The van der Waals surface area contributed by atoms with Crippen molar-refractivity contribution in [2.75, 3.05) is 0 Å². The molecule has 0 fully saturated rings. The molecule has 2 heteroatoms. The van der Waals surface area contributed by atoms with Gasteiger partial charge in [0, 0.05) is 0 Å². The summed E-state index contributed by atoms with van der Waals surface area (Å²) in [4.78, 5) is 0. The average Bonchev–Trinajstić information content (AvgIpc) is 2.76. The van der Waals surface area contributed by atoms with E-state index in [2.05, 4.69) is 121 Å². The lowest BCUT2D eigenvalue weighted by atomic mass is 10.2. The minimum absolute atomic E-state index is 0. The summed E-state index contributed by atoms with van der Waals surface area (Å²) in [5.74, 6) is 0. The lowest BCUT2D eigenvalue weighted by molar-refractivity contribution is -0.00000534. The van der Waals surface area contributed by atoms with Crippen molar-refractivity contribution in [2.45, 2.75) is 12.3 Å². The monoisotopic (exact) mass is 494 g/mol. The number of halogens is 1. The van der Waals surface area contributed by atoms with E-state index in [4.69, 9.17) is 0 Å². The van der Waals surface area contributed by atoms with E-state index in [0.29, 0.717) is 0 Å². The van der Waals surface area contributed by atoms with E-state index in [1.807, 2.05) is 0 Å². The molecule has 0 aliphatic rings. The third-order valence-electron chi connectivity index (χ3n) is 5.09. The molecule has 0 spiro atoms. The summed E-state index contributed by atoms with van der Waals surface area (Å²) in [7, 11) is -1.64. The first-order valence-corrected chi connectivity index (χ1v) is 11.6. The van der Waals surface area contributed by atoms with Gasteiger partial charge in [-0.2, -0.15) is 0 Å². The SMILES string of the molecule is [I-].c1ccc(C[P+](Cc2ccccc2)(c2ccccc2)c2ccccc2)cc1. The summed E-state index contributed by atoms with van der Waals surface area (Å²) in [5, 5.41) is 2.95. The summed E-state index contributed by atoms with van der Waals surface area (Å²) in [5.41, 5.74) is 2.82. The fourth-order valence-corrected chi connectivity index (χ4v) is 8.08. The molecule has 140 valence electrons. The Labute approximate surface area is 186 Å². The van der Waals surface area contributed by atoms with Crippen LogP contribution in [0.2, 0.25) is 0 Å². The van der Waals surface area contributed by atoms with Crippen LogP contribution in [-0.2, 0) is 12.3 Å². The second kappa shape index (κ2) is 10.0. The molecule has 0 heterocycles. The number of benzene rings is 4. The Hall–Kier alpha value is -1.96. The first kappa shape index (κ1) is 20.8. The summed E-state index contributed by atoms with van der Waals surface area (Å²) in [6.45, 7) is 0. The molecule has 4 rings (SSSR count). The highest BCUT2D eigenvalue weighted by Gasteiger charge is 2.42. The van der Waals surface area contributed by atoms with E-state index in [0.717, 1.165) is 12.3 Å². The highest BCUT2D eigenvalue weighted by molar-refractivity contribution is 7.88. The maximum Gasteiger partial charge on any atom is 0.0999 e. The van der Waals surface area contributed by atoms with Gasteiger partial charge in [-0.1, -0.05) is 97.1 Å². The van der Waals surface area contributed by atoms with Gasteiger partial charge in [-0.25, -0.2) is 0 Å². The van der Waals surface area contributed by atoms with E-state index < -0.39 is 7.26 Å². The average molecular weight is 494 g/mol. The Morgan fingerprint density at radius 3 is 1.00 bits per heavy atom. The number of hydrogen-bond acceptors (Lipinski definition) is 0. The molecule has 0 N–H and O–H groups in total. The lowest BCUT2D eigenvalue weighted by Crippen LogP contribution is -3.00. The van der Waals surface area contributed by atoms with Gasteiger partial charge in [-0.15, -0.1) is 0 Å². The second-order valence-corrected chi connectivity index (χ2v) is 10.5. The molecule has 0 amide bonds. The predicted molar refractivity (Wildman–Crippen MR) is 119 cm³/mol.